The molecular formula is C2H8BNO2. The van der Waals surface area contributed by atoms with E-state index in [4.69, 9.17) is 0 Å². The Morgan fingerprint density at radius 1 is 1.83 bits per heavy atom. The van der Waals surface area contributed by atoms with E-state index in [-0.39, 0.29) is 12.0 Å². The molecule has 0 radical (unpaired) electrons. The third-order valence-corrected chi connectivity index (χ3v) is 0.287. The van der Waals surface area contributed by atoms with Gasteiger partial charge in [-0.25, -0.2) is 0 Å². The van der Waals surface area contributed by atoms with Gasteiger partial charge in [-0.2, -0.15) is 0 Å². The van der Waals surface area contributed by atoms with Gasteiger partial charge in [0.1, 0.15) is 0 Å². The van der Waals surface area contributed by atoms with Gasteiger partial charge in [-0.05, 0) is 0 Å². The molecule has 0 aromatic carbocycles. The average Bonchev–Trinajstić information content (AvgIpc) is 1.38. The molecule has 3 N–H and O–H groups in total. The lowest BCUT2D eigenvalue weighted by Crippen LogP contribution is -1.92. The van der Waals surface area contributed by atoms with E-state index in [1.165, 1.54) is 15.0 Å². The second-order valence-corrected chi connectivity index (χ2v) is 0.696. The Morgan fingerprint density at radius 3 is 2.00 bits per heavy atom. The number of methoxy groups -OCH3 is 1. The summed E-state index contributed by atoms with van der Waals surface area (Å²) in [7, 11) is 2.71. The van der Waals surface area contributed by atoms with E-state index in [1.807, 2.05) is 0 Å². The first-order chi connectivity index (χ1) is 2.27. The molecule has 0 saturated carbocycles. The minimum absolute atomic E-state index is 0. The summed E-state index contributed by atoms with van der Waals surface area (Å²) in [5.74, 6) is -0.245. The highest BCUT2D eigenvalue weighted by Gasteiger charge is 1.76. The highest BCUT2D eigenvalue weighted by molar-refractivity contribution is 6.55. The number of hydrogen-bond donors (Lipinski definition) is 1. The number of carbonyl (C=O) groups excluding carboxylic acids is 1. The van der Waals surface area contributed by atoms with Crippen LogP contribution in [-0.2, 0) is 4.74 Å². The summed E-state index contributed by atoms with van der Waals surface area (Å²) < 4.78 is 4.11. The van der Waals surface area contributed by atoms with Crippen LogP contribution in [0.1, 0.15) is 0 Å². The lowest BCUT2D eigenvalue weighted by molar-refractivity contribution is 0.198. The van der Waals surface area contributed by atoms with Gasteiger partial charge in [0.15, 0.2) is 0 Å². The quantitative estimate of drug-likeness (QED) is 0.408. The first-order valence-electron chi connectivity index (χ1n) is 1.32. The molecule has 0 bridgehead atoms. The van der Waals surface area contributed by atoms with Gasteiger partial charge in [-0.15, -0.1) is 0 Å². The molecule has 0 aliphatic rings. The third kappa shape index (κ3) is 9.73. The largest absolute Gasteiger partial charge is 0.477 e. The molecule has 0 aromatic rings. The Bertz CT molecular complexity index is 46.8. The molecule has 4 heteroatoms. The Hall–Kier alpha value is -0.505. The molecule has 0 aliphatic carbocycles. The van der Waals surface area contributed by atoms with E-state index < -0.39 is 0 Å². The summed E-state index contributed by atoms with van der Waals surface area (Å²) in [4.78, 5) is 9.59. The lowest BCUT2D eigenvalue weighted by atomic mass is 10.2. The van der Waals surface area contributed by atoms with Gasteiger partial charge in [0.05, 0.1) is 7.11 Å². The summed E-state index contributed by atoms with van der Waals surface area (Å²) in [6.45, 7) is 0. The fraction of sp³-hybridized carbons (Fsp3) is 0.500. The number of ether oxygens (including phenoxy) is 1. The predicted octanol–water partition coefficient (Wildman–Crippen LogP) is -0.452. The zero-order valence-electron chi connectivity index (χ0n) is 4.02. The molecule has 0 unspecified atom stereocenters. The van der Waals surface area contributed by atoms with Crippen LogP contribution in [0.4, 0.5) is 4.79 Å². The highest BCUT2D eigenvalue weighted by atomic mass is 16.5. The van der Waals surface area contributed by atoms with Gasteiger partial charge in [0, 0.05) is 0 Å². The van der Waals surface area contributed by atoms with E-state index in [2.05, 4.69) is 4.74 Å². The van der Waals surface area contributed by atoms with Crippen molar-refractivity contribution in [2.75, 3.05) is 7.11 Å². The van der Waals surface area contributed by atoms with Crippen LogP contribution >= 0.6 is 0 Å². The monoisotopic (exact) mass is 89.1 g/mol. The number of hydrogen-bond acceptors (Lipinski definition) is 3. The van der Waals surface area contributed by atoms with Crippen LogP contribution in [-0.4, -0.2) is 20.8 Å². The zero-order chi connectivity index (χ0) is 4.28. The molecule has 0 spiro atoms. The molecular weight excluding hydrogens is 80.8 g/mol. The first-order valence-corrected chi connectivity index (χ1v) is 1.32. The molecule has 0 rings (SSSR count). The Morgan fingerprint density at radius 2 is 2.00 bits per heavy atom. The third-order valence-electron chi connectivity index (χ3n) is 0.287. The van der Waals surface area contributed by atoms with Crippen LogP contribution in [0.25, 0.3) is 0 Å². The lowest BCUT2D eigenvalue weighted by Gasteiger charge is -1.81. The summed E-state index contributed by atoms with van der Waals surface area (Å²) in [5, 5.41) is 0. The van der Waals surface area contributed by atoms with E-state index in [9.17, 15) is 4.79 Å². The van der Waals surface area contributed by atoms with E-state index >= 15 is 0 Å². The van der Waals surface area contributed by atoms with Crippen molar-refractivity contribution < 1.29 is 9.53 Å². The Balaban J connectivity index is 0. The van der Waals surface area contributed by atoms with Gasteiger partial charge >= 0.3 is 0 Å². The molecule has 0 saturated heterocycles. The smallest absolute Gasteiger partial charge is 0.242 e. The molecule has 0 heterocycles. The van der Waals surface area contributed by atoms with E-state index in [0.717, 1.165) is 0 Å². The molecule has 0 aromatic heterocycles. The molecule has 6 heavy (non-hydrogen) atoms. The normalized spacial score (nSPS) is 5.50. The van der Waals surface area contributed by atoms with Crippen molar-refractivity contribution in [2.24, 2.45) is 0 Å². The Labute approximate surface area is 37.7 Å². The van der Waals surface area contributed by atoms with E-state index in [1.54, 1.807) is 0 Å². The summed E-state index contributed by atoms with van der Waals surface area (Å²) in [5.41, 5.74) is 0. The van der Waals surface area contributed by atoms with Crippen molar-refractivity contribution in [1.82, 2.24) is 6.15 Å². The van der Waals surface area contributed by atoms with Gasteiger partial charge < -0.3 is 10.9 Å². The average molecular weight is 88.9 g/mol. The summed E-state index contributed by atoms with van der Waals surface area (Å²) in [6.07, 6.45) is 0. The zero-order valence-corrected chi connectivity index (χ0v) is 4.02. The van der Waals surface area contributed by atoms with Crippen LogP contribution in [0.5, 0.6) is 0 Å². The predicted molar refractivity (Wildman–Crippen MR) is 26.0 cm³/mol. The molecule has 0 amide bonds. The maximum Gasteiger partial charge on any atom is 0.242 e. The van der Waals surface area contributed by atoms with Crippen LogP contribution in [0, 0.1) is 0 Å². The van der Waals surface area contributed by atoms with Crippen molar-refractivity contribution in [3.05, 3.63) is 0 Å². The van der Waals surface area contributed by atoms with Crippen LogP contribution < -0.4 is 6.15 Å². The molecule has 0 aliphatic heterocycles. The standard InChI is InChI=1S/C2H5BO2.H3N/c1-5-2(3)4;/h3H2,1H3;1H3. The summed E-state index contributed by atoms with van der Waals surface area (Å²) >= 11 is 0. The SMILES string of the molecule is BC(=O)OC.N. The van der Waals surface area contributed by atoms with Crippen LogP contribution in [0.3, 0.4) is 0 Å². The first kappa shape index (κ1) is 9.09. The van der Waals surface area contributed by atoms with Gasteiger partial charge in [-0.3, -0.25) is 4.79 Å². The van der Waals surface area contributed by atoms with E-state index in [0.29, 0.717) is 0 Å². The molecule has 36 valence electrons. The van der Waals surface area contributed by atoms with Gasteiger partial charge in [0.25, 0.3) is 0 Å². The van der Waals surface area contributed by atoms with Gasteiger partial charge in [-0.1, -0.05) is 0 Å². The van der Waals surface area contributed by atoms with Crippen LogP contribution in [0.2, 0.25) is 0 Å². The van der Waals surface area contributed by atoms with Crippen LogP contribution in [0.15, 0.2) is 0 Å². The van der Waals surface area contributed by atoms with Crippen molar-refractivity contribution in [1.29, 1.82) is 0 Å². The number of rotatable bonds is 0. The molecule has 3 nitrogen and oxygen atoms in total. The second kappa shape index (κ2) is 4.49. The molecule has 0 fully saturated rings. The molecule has 0 atom stereocenters. The number of carbonyl (C=O) groups is 1. The Kier molecular flexibility index (Phi) is 6.81. The summed E-state index contributed by atoms with van der Waals surface area (Å²) in [6, 6.07) is 0. The maximum absolute atomic E-state index is 9.59. The maximum atomic E-state index is 9.59. The van der Waals surface area contributed by atoms with Crippen molar-refractivity contribution in [3.63, 3.8) is 0 Å². The van der Waals surface area contributed by atoms with Crippen molar-refractivity contribution in [2.45, 2.75) is 0 Å². The fourth-order valence-corrected chi connectivity index (χ4v) is 0. The fourth-order valence-electron chi connectivity index (χ4n) is 0. The minimum atomic E-state index is -0.245. The van der Waals surface area contributed by atoms with Crippen molar-refractivity contribution >= 4 is 13.7 Å². The highest BCUT2D eigenvalue weighted by Crippen LogP contribution is 1.59. The topological polar surface area (TPSA) is 61.3 Å². The van der Waals surface area contributed by atoms with Crippen molar-refractivity contribution in [3.8, 4) is 0 Å². The minimum Gasteiger partial charge on any atom is -0.477 e. The second-order valence-electron chi connectivity index (χ2n) is 0.696. The van der Waals surface area contributed by atoms with Gasteiger partial charge in [0.2, 0.25) is 13.7 Å².